The second-order valence-corrected chi connectivity index (χ2v) is 5.48. The molecule has 0 amide bonds. The molecule has 0 aromatic heterocycles. The Morgan fingerprint density at radius 2 is 2.06 bits per heavy atom. The zero-order chi connectivity index (χ0) is 13.0. The third-order valence-electron chi connectivity index (χ3n) is 3.37. The van der Waals surface area contributed by atoms with Crippen LogP contribution in [0.3, 0.4) is 0 Å². The lowest BCUT2D eigenvalue weighted by molar-refractivity contribution is 0.0122. The van der Waals surface area contributed by atoms with Crippen LogP contribution in [0.4, 0.5) is 0 Å². The first kappa shape index (κ1) is 13.5. The van der Waals surface area contributed by atoms with Crippen molar-refractivity contribution in [3.8, 4) is 0 Å². The Morgan fingerprint density at radius 1 is 1.33 bits per heavy atom. The van der Waals surface area contributed by atoms with E-state index in [2.05, 4.69) is 43.4 Å². The molecule has 2 rings (SSSR count). The van der Waals surface area contributed by atoms with Crippen LogP contribution in [0, 0.1) is 5.92 Å². The van der Waals surface area contributed by atoms with Gasteiger partial charge in [-0.1, -0.05) is 38.1 Å². The molecule has 1 heterocycles. The van der Waals surface area contributed by atoms with E-state index >= 15 is 0 Å². The van der Waals surface area contributed by atoms with Crippen molar-refractivity contribution in [1.29, 1.82) is 0 Å². The highest BCUT2D eigenvalue weighted by molar-refractivity contribution is 5.26. The van der Waals surface area contributed by atoms with E-state index in [-0.39, 0.29) is 12.1 Å². The van der Waals surface area contributed by atoms with Gasteiger partial charge in [-0.05, 0) is 23.5 Å². The van der Waals surface area contributed by atoms with Gasteiger partial charge in [0.25, 0.3) is 0 Å². The maximum absolute atomic E-state index is 6.26. The van der Waals surface area contributed by atoms with Crippen molar-refractivity contribution in [1.82, 2.24) is 5.32 Å². The molecule has 1 aromatic carbocycles. The summed E-state index contributed by atoms with van der Waals surface area (Å²) in [5.74, 6) is 0.690. The number of hydrogen-bond acceptors (Lipinski definition) is 3. The molecule has 0 aliphatic carbocycles. The van der Waals surface area contributed by atoms with Crippen molar-refractivity contribution in [2.75, 3.05) is 19.7 Å². The van der Waals surface area contributed by atoms with Crippen molar-refractivity contribution in [2.24, 2.45) is 11.7 Å². The van der Waals surface area contributed by atoms with Gasteiger partial charge in [0.05, 0.1) is 18.8 Å². The molecular weight excluding hydrogens is 224 g/mol. The Kier molecular flexibility index (Phi) is 4.75. The highest BCUT2D eigenvalue weighted by Crippen LogP contribution is 2.19. The molecule has 3 heteroatoms. The molecule has 1 aliphatic heterocycles. The molecule has 1 aliphatic rings. The van der Waals surface area contributed by atoms with E-state index in [9.17, 15) is 0 Å². The van der Waals surface area contributed by atoms with E-state index in [0.29, 0.717) is 5.92 Å². The van der Waals surface area contributed by atoms with Crippen molar-refractivity contribution < 1.29 is 4.74 Å². The first-order chi connectivity index (χ1) is 8.66. The molecule has 18 heavy (non-hydrogen) atoms. The van der Waals surface area contributed by atoms with Crippen LogP contribution >= 0.6 is 0 Å². The lowest BCUT2D eigenvalue weighted by Gasteiger charge is -2.29. The van der Waals surface area contributed by atoms with Crippen LogP contribution in [-0.4, -0.2) is 25.8 Å². The molecule has 1 fully saturated rings. The molecule has 2 atom stereocenters. The molecule has 3 N–H and O–H groups in total. The zero-order valence-electron chi connectivity index (χ0n) is 11.4. The van der Waals surface area contributed by atoms with E-state index in [1.54, 1.807) is 0 Å². The number of nitrogens with one attached hydrogen (secondary N) is 1. The van der Waals surface area contributed by atoms with E-state index in [1.807, 2.05) is 0 Å². The fourth-order valence-corrected chi connectivity index (χ4v) is 2.38. The Morgan fingerprint density at radius 3 is 2.61 bits per heavy atom. The zero-order valence-corrected chi connectivity index (χ0v) is 11.4. The van der Waals surface area contributed by atoms with Crippen molar-refractivity contribution in [3.05, 3.63) is 35.4 Å². The first-order valence-corrected chi connectivity index (χ1v) is 6.83. The van der Waals surface area contributed by atoms with Gasteiger partial charge >= 0.3 is 0 Å². The summed E-state index contributed by atoms with van der Waals surface area (Å²) in [6.45, 7) is 7.00. The van der Waals surface area contributed by atoms with Crippen LogP contribution in [0.5, 0.6) is 0 Å². The predicted octanol–water partition coefficient (Wildman–Crippen LogP) is 1.87. The summed E-state index contributed by atoms with van der Waals surface area (Å²) in [7, 11) is 0. The van der Waals surface area contributed by atoms with Crippen LogP contribution < -0.4 is 11.1 Å². The predicted molar refractivity (Wildman–Crippen MR) is 74.5 cm³/mol. The number of morpholine rings is 1. The summed E-state index contributed by atoms with van der Waals surface area (Å²) in [6, 6.07) is 8.61. The maximum Gasteiger partial charge on any atom is 0.0892 e. The average molecular weight is 248 g/mol. The van der Waals surface area contributed by atoms with E-state index in [1.165, 1.54) is 5.56 Å². The molecule has 0 spiro atoms. The molecule has 100 valence electrons. The van der Waals surface area contributed by atoms with Crippen LogP contribution in [0.25, 0.3) is 0 Å². The van der Waals surface area contributed by atoms with Crippen LogP contribution in [0.15, 0.2) is 24.3 Å². The number of rotatable bonds is 4. The van der Waals surface area contributed by atoms with Gasteiger partial charge in [-0.25, -0.2) is 0 Å². The van der Waals surface area contributed by atoms with E-state index < -0.39 is 0 Å². The number of ether oxygens (including phenoxy) is 1. The van der Waals surface area contributed by atoms with Gasteiger partial charge in [0.1, 0.15) is 0 Å². The van der Waals surface area contributed by atoms with Gasteiger partial charge in [0, 0.05) is 13.1 Å². The molecule has 3 nitrogen and oxygen atoms in total. The molecule has 2 unspecified atom stereocenters. The third kappa shape index (κ3) is 3.55. The lowest BCUT2D eigenvalue weighted by atomic mass is 9.97. The standard InChI is InChI=1S/C15H24N2O/c1-11(2)9-12-3-5-13(6-4-12)15(16)14-10-17-7-8-18-14/h3-6,11,14-15,17H,7-10,16H2,1-2H3. The molecule has 1 aromatic rings. The monoisotopic (exact) mass is 248 g/mol. The van der Waals surface area contributed by atoms with Gasteiger partial charge in [0.2, 0.25) is 0 Å². The fraction of sp³-hybridized carbons (Fsp3) is 0.600. The molecule has 0 radical (unpaired) electrons. The lowest BCUT2D eigenvalue weighted by Crippen LogP contribution is -2.44. The summed E-state index contributed by atoms with van der Waals surface area (Å²) in [6.07, 6.45) is 1.21. The summed E-state index contributed by atoms with van der Waals surface area (Å²) >= 11 is 0. The fourth-order valence-electron chi connectivity index (χ4n) is 2.38. The molecule has 0 saturated carbocycles. The highest BCUT2D eigenvalue weighted by atomic mass is 16.5. The number of benzene rings is 1. The minimum Gasteiger partial charge on any atom is -0.374 e. The minimum absolute atomic E-state index is 0.0362. The van der Waals surface area contributed by atoms with Crippen molar-refractivity contribution >= 4 is 0 Å². The Hall–Kier alpha value is -0.900. The van der Waals surface area contributed by atoms with Gasteiger partial charge in [0.15, 0.2) is 0 Å². The van der Waals surface area contributed by atoms with Gasteiger partial charge in [-0.15, -0.1) is 0 Å². The second-order valence-electron chi connectivity index (χ2n) is 5.48. The van der Waals surface area contributed by atoms with E-state index in [0.717, 1.165) is 31.7 Å². The highest BCUT2D eigenvalue weighted by Gasteiger charge is 2.22. The second kappa shape index (κ2) is 6.32. The molecular formula is C15H24N2O. The van der Waals surface area contributed by atoms with Crippen LogP contribution in [-0.2, 0) is 11.2 Å². The summed E-state index contributed by atoms with van der Waals surface area (Å²) in [4.78, 5) is 0. The molecule has 1 saturated heterocycles. The number of nitrogens with two attached hydrogens (primary N) is 1. The van der Waals surface area contributed by atoms with Crippen LogP contribution in [0.1, 0.15) is 31.0 Å². The maximum atomic E-state index is 6.26. The number of hydrogen-bond donors (Lipinski definition) is 2. The third-order valence-corrected chi connectivity index (χ3v) is 3.37. The Labute approximate surface area is 110 Å². The topological polar surface area (TPSA) is 47.3 Å². The minimum atomic E-state index is -0.0362. The Balaban J connectivity index is 1.99. The van der Waals surface area contributed by atoms with Gasteiger partial charge < -0.3 is 15.8 Å². The van der Waals surface area contributed by atoms with E-state index in [4.69, 9.17) is 10.5 Å². The quantitative estimate of drug-likeness (QED) is 0.855. The smallest absolute Gasteiger partial charge is 0.0892 e. The average Bonchev–Trinajstić information content (AvgIpc) is 2.39. The normalized spacial score (nSPS) is 22.1. The molecule has 0 bridgehead atoms. The summed E-state index contributed by atoms with van der Waals surface area (Å²) in [5.41, 5.74) is 8.80. The largest absolute Gasteiger partial charge is 0.374 e. The van der Waals surface area contributed by atoms with Crippen molar-refractivity contribution in [2.45, 2.75) is 32.4 Å². The van der Waals surface area contributed by atoms with Crippen LogP contribution in [0.2, 0.25) is 0 Å². The van der Waals surface area contributed by atoms with Gasteiger partial charge in [-0.2, -0.15) is 0 Å². The first-order valence-electron chi connectivity index (χ1n) is 6.83. The Bertz CT molecular complexity index is 355. The SMILES string of the molecule is CC(C)Cc1ccc(C(N)C2CNCCO2)cc1. The summed E-state index contributed by atoms with van der Waals surface area (Å²) < 4.78 is 5.70. The summed E-state index contributed by atoms with van der Waals surface area (Å²) in [5, 5.41) is 3.32. The van der Waals surface area contributed by atoms with Crippen molar-refractivity contribution in [3.63, 3.8) is 0 Å². The van der Waals surface area contributed by atoms with Gasteiger partial charge in [-0.3, -0.25) is 0 Å².